The van der Waals surface area contributed by atoms with Gasteiger partial charge < -0.3 is 0 Å². The van der Waals surface area contributed by atoms with Crippen LogP contribution in [-0.4, -0.2) is 9.97 Å². The lowest BCUT2D eigenvalue weighted by Gasteiger charge is -2.26. The summed E-state index contributed by atoms with van der Waals surface area (Å²) in [6, 6.07) is 11.1. The minimum atomic E-state index is 0.434. The Morgan fingerprint density at radius 2 is 1.86 bits per heavy atom. The smallest absolute Gasteiger partial charge is 0.0444 e. The molecule has 0 bridgehead atoms. The lowest BCUT2D eigenvalue weighted by atomic mass is 9.80. The molecular formula is C26H26N2. The van der Waals surface area contributed by atoms with Gasteiger partial charge in [-0.2, -0.15) is 0 Å². The normalized spacial score (nSPS) is 20.5. The van der Waals surface area contributed by atoms with E-state index in [1.54, 1.807) is 0 Å². The van der Waals surface area contributed by atoms with Gasteiger partial charge in [-0.15, -0.1) is 0 Å². The van der Waals surface area contributed by atoms with Crippen LogP contribution >= 0.6 is 0 Å². The molecule has 1 aromatic carbocycles. The van der Waals surface area contributed by atoms with Crippen molar-refractivity contribution >= 4 is 11.6 Å². The summed E-state index contributed by atoms with van der Waals surface area (Å²) >= 11 is 0. The van der Waals surface area contributed by atoms with Gasteiger partial charge in [-0.05, 0) is 83.7 Å². The van der Waals surface area contributed by atoms with E-state index in [2.05, 4.69) is 74.6 Å². The number of aryl methyl sites for hydroxylation is 2. The molecule has 0 radical (unpaired) electrons. The maximum Gasteiger partial charge on any atom is 0.0444 e. The maximum atomic E-state index is 4.86. The second-order valence-corrected chi connectivity index (χ2v) is 8.41. The number of hydrogen-bond acceptors (Lipinski definition) is 2. The van der Waals surface area contributed by atoms with Crippen LogP contribution in [0.3, 0.4) is 0 Å². The lowest BCUT2D eigenvalue weighted by Crippen LogP contribution is -2.16. The molecule has 2 aromatic heterocycles. The minimum Gasteiger partial charge on any atom is -0.264 e. The van der Waals surface area contributed by atoms with Crippen LogP contribution in [-0.2, 0) is 12.8 Å². The zero-order chi connectivity index (χ0) is 19.3. The first kappa shape index (κ1) is 17.4. The van der Waals surface area contributed by atoms with Crippen LogP contribution in [0.4, 0.5) is 0 Å². The van der Waals surface area contributed by atoms with Crippen LogP contribution in [0.15, 0.2) is 48.9 Å². The van der Waals surface area contributed by atoms with Gasteiger partial charge in [0.2, 0.25) is 0 Å². The predicted molar refractivity (Wildman–Crippen MR) is 115 cm³/mol. The topological polar surface area (TPSA) is 25.8 Å². The molecule has 0 N–H and O–H groups in total. The summed E-state index contributed by atoms with van der Waals surface area (Å²) in [7, 11) is 0. The SMILES string of the molecule is Cc1cnc(C2CCc3c(C)cncc3C2)cc1C1=Cc2ccccc2C1C. The van der Waals surface area contributed by atoms with Crippen molar-refractivity contribution < 1.29 is 0 Å². The first-order valence-electron chi connectivity index (χ1n) is 10.3. The summed E-state index contributed by atoms with van der Waals surface area (Å²) in [5.74, 6) is 0.916. The second kappa shape index (κ2) is 6.70. The van der Waals surface area contributed by atoms with E-state index in [0.29, 0.717) is 11.8 Å². The quantitative estimate of drug-likeness (QED) is 0.554. The highest BCUT2D eigenvalue weighted by Crippen LogP contribution is 2.43. The summed E-state index contributed by atoms with van der Waals surface area (Å²) in [4.78, 5) is 9.28. The Kier molecular flexibility index (Phi) is 4.16. The third-order valence-corrected chi connectivity index (χ3v) is 6.66. The summed E-state index contributed by atoms with van der Waals surface area (Å²) < 4.78 is 0. The number of hydrogen-bond donors (Lipinski definition) is 0. The molecule has 2 unspecified atom stereocenters. The fourth-order valence-corrected chi connectivity index (χ4v) is 5.00. The van der Waals surface area contributed by atoms with Crippen LogP contribution in [0.5, 0.6) is 0 Å². The highest BCUT2D eigenvalue weighted by molar-refractivity contribution is 5.92. The monoisotopic (exact) mass is 366 g/mol. The van der Waals surface area contributed by atoms with E-state index < -0.39 is 0 Å². The van der Waals surface area contributed by atoms with Gasteiger partial charge in [-0.25, -0.2) is 0 Å². The van der Waals surface area contributed by atoms with E-state index in [9.17, 15) is 0 Å². The molecule has 5 rings (SSSR count). The molecule has 2 aliphatic rings. The predicted octanol–water partition coefficient (Wildman–Crippen LogP) is 6.02. The summed E-state index contributed by atoms with van der Waals surface area (Å²) in [6.45, 7) is 6.69. The highest BCUT2D eigenvalue weighted by atomic mass is 14.7. The molecule has 0 fully saturated rings. The third kappa shape index (κ3) is 2.79. The van der Waals surface area contributed by atoms with Crippen molar-refractivity contribution in [3.63, 3.8) is 0 Å². The van der Waals surface area contributed by atoms with E-state index >= 15 is 0 Å². The van der Waals surface area contributed by atoms with Crippen molar-refractivity contribution in [1.29, 1.82) is 0 Å². The minimum absolute atomic E-state index is 0.434. The Balaban J connectivity index is 1.50. The van der Waals surface area contributed by atoms with Gasteiger partial charge in [0.15, 0.2) is 0 Å². The fourth-order valence-electron chi connectivity index (χ4n) is 5.00. The van der Waals surface area contributed by atoms with Crippen LogP contribution in [0.2, 0.25) is 0 Å². The van der Waals surface area contributed by atoms with E-state index in [1.807, 2.05) is 6.20 Å². The Labute approximate surface area is 167 Å². The molecule has 140 valence electrons. The van der Waals surface area contributed by atoms with Gasteiger partial charge >= 0.3 is 0 Å². The fraction of sp³-hybridized carbons (Fsp3) is 0.308. The Bertz CT molecular complexity index is 1090. The molecular weight excluding hydrogens is 340 g/mol. The number of benzene rings is 1. The van der Waals surface area contributed by atoms with Crippen molar-refractivity contribution in [2.75, 3.05) is 0 Å². The summed E-state index contributed by atoms with van der Waals surface area (Å²) in [5.41, 5.74) is 12.3. The molecule has 2 atom stereocenters. The molecule has 0 aliphatic heterocycles. The molecule has 0 spiro atoms. The number of pyridine rings is 2. The van der Waals surface area contributed by atoms with Gasteiger partial charge in [0.25, 0.3) is 0 Å². The van der Waals surface area contributed by atoms with Gasteiger partial charge in [0.05, 0.1) is 0 Å². The Hall–Kier alpha value is -2.74. The molecule has 0 saturated carbocycles. The largest absolute Gasteiger partial charge is 0.264 e. The van der Waals surface area contributed by atoms with E-state index in [1.165, 1.54) is 56.6 Å². The van der Waals surface area contributed by atoms with Crippen molar-refractivity contribution in [2.45, 2.75) is 51.9 Å². The third-order valence-electron chi connectivity index (χ3n) is 6.66. The highest BCUT2D eigenvalue weighted by Gasteiger charge is 2.26. The molecule has 2 aliphatic carbocycles. The number of allylic oxidation sites excluding steroid dienone is 1. The molecule has 2 heteroatoms. The van der Waals surface area contributed by atoms with Crippen molar-refractivity contribution in [2.24, 2.45) is 0 Å². The summed E-state index contributed by atoms with van der Waals surface area (Å²) in [6.07, 6.45) is 11.8. The zero-order valence-corrected chi connectivity index (χ0v) is 16.9. The number of fused-ring (bicyclic) bond motifs is 2. The van der Waals surface area contributed by atoms with Crippen molar-refractivity contribution in [3.05, 3.63) is 93.6 Å². The van der Waals surface area contributed by atoms with Crippen molar-refractivity contribution in [3.8, 4) is 0 Å². The van der Waals surface area contributed by atoms with Gasteiger partial charge in [0.1, 0.15) is 0 Å². The molecule has 0 amide bonds. The number of rotatable bonds is 2. The number of nitrogens with zero attached hydrogens (tertiary/aromatic N) is 2. The Morgan fingerprint density at radius 1 is 1.00 bits per heavy atom. The molecule has 2 heterocycles. The Morgan fingerprint density at radius 3 is 2.71 bits per heavy atom. The first-order valence-corrected chi connectivity index (χ1v) is 10.3. The van der Waals surface area contributed by atoms with Gasteiger partial charge in [-0.3, -0.25) is 9.97 Å². The standard InChI is InChI=1S/C26H26N2/c1-16-13-27-15-21-10-20(8-9-22(16)21)26-12-24(17(2)14-28-26)25-11-19-6-4-5-7-23(19)18(25)3/h4-7,11-15,18,20H,8-10H2,1-3H3. The molecule has 3 aromatic rings. The molecule has 2 nitrogen and oxygen atoms in total. The van der Waals surface area contributed by atoms with Crippen LogP contribution in [0.1, 0.15) is 69.8 Å². The summed E-state index contributed by atoms with van der Waals surface area (Å²) in [5, 5.41) is 0. The van der Waals surface area contributed by atoms with E-state index in [0.717, 1.165) is 12.8 Å². The van der Waals surface area contributed by atoms with Gasteiger partial charge in [-0.1, -0.05) is 37.3 Å². The van der Waals surface area contributed by atoms with Crippen LogP contribution in [0, 0.1) is 13.8 Å². The van der Waals surface area contributed by atoms with Gasteiger partial charge in [0, 0.05) is 36.1 Å². The molecule has 0 saturated heterocycles. The first-order chi connectivity index (χ1) is 13.6. The van der Waals surface area contributed by atoms with Crippen LogP contribution in [0.25, 0.3) is 11.6 Å². The van der Waals surface area contributed by atoms with Crippen molar-refractivity contribution in [1.82, 2.24) is 9.97 Å². The average Bonchev–Trinajstić information content (AvgIpc) is 3.05. The van der Waals surface area contributed by atoms with Crippen LogP contribution < -0.4 is 0 Å². The lowest BCUT2D eigenvalue weighted by molar-refractivity contribution is 0.567. The number of aromatic nitrogens is 2. The zero-order valence-electron chi connectivity index (χ0n) is 16.9. The maximum absolute atomic E-state index is 4.86. The van der Waals surface area contributed by atoms with E-state index in [4.69, 9.17) is 4.98 Å². The average molecular weight is 367 g/mol. The molecule has 28 heavy (non-hydrogen) atoms. The second-order valence-electron chi connectivity index (χ2n) is 8.41. The van der Waals surface area contributed by atoms with E-state index in [-0.39, 0.29) is 0 Å².